The maximum Gasteiger partial charge on any atom is 0.261 e. The van der Waals surface area contributed by atoms with Crippen molar-refractivity contribution in [3.8, 4) is 0 Å². The summed E-state index contributed by atoms with van der Waals surface area (Å²) in [5, 5.41) is 3.00. The van der Waals surface area contributed by atoms with E-state index in [0.29, 0.717) is 12.2 Å². The lowest BCUT2D eigenvalue weighted by molar-refractivity contribution is 0.601. The van der Waals surface area contributed by atoms with Crippen LogP contribution in [0.3, 0.4) is 0 Å². The molecular weight excluding hydrogens is 387 g/mol. The fraction of sp³-hybridized carbons (Fsp3) is 0.143. The zero-order valence-corrected chi connectivity index (χ0v) is 13.9. The Hall–Kier alpha value is -1.12. The number of benzene rings is 2. The van der Waals surface area contributed by atoms with Crippen LogP contribution in [0.2, 0.25) is 0 Å². The van der Waals surface area contributed by atoms with Gasteiger partial charge in [0.15, 0.2) is 0 Å². The van der Waals surface area contributed by atoms with Crippen molar-refractivity contribution in [2.45, 2.75) is 11.4 Å². The van der Waals surface area contributed by atoms with E-state index in [1.165, 1.54) is 0 Å². The molecule has 0 radical (unpaired) electrons. The first-order chi connectivity index (χ1) is 9.51. The van der Waals surface area contributed by atoms with E-state index in [9.17, 15) is 8.42 Å². The van der Waals surface area contributed by atoms with Gasteiger partial charge in [-0.05, 0) is 65.5 Å². The maximum absolute atomic E-state index is 12.3. The topological polar surface area (TPSA) is 58.2 Å². The Balaban J connectivity index is 2.28. The highest BCUT2D eigenvalue weighted by Crippen LogP contribution is 2.18. The summed E-state index contributed by atoms with van der Waals surface area (Å²) in [4.78, 5) is 0.268. The van der Waals surface area contributed by atoms with Gasteiger partial charge in [0.2, 0.25) is 0 Å². The molecule has 2 rings (SSSR count). The van der Waals surface area contributed by atoms with Crippen LogP contribution < -0.4 is 10.0 Å². The Morgan fingerprint density at radius 3 is 2.55 bits per heavy atom. The fourth-order valence-corrected chi connectivity index (χ4v) is 3.46. The van der Waals surface area contributed by atoms with E-state index in [0.717, 1.165) is 9.13 Å². The Kier molecular flexibility index (Phi) is 5.00. The van der Waals surface area contributed by atoms with Crippen LogP contribution in [0.5, 0.6) is 0 Å². The summed E-state index contributed by atoms with van der Waals surface area (Å²) >= 11 is 2.14. The zero-order chi connectivity index (χ0) is 14.6. The van der Waals surface area contributed by atoms with Gasteiger partial charge in [-0.1, -0.05) is 18.2 Å². The molecule has 0 unspecified atom stereocenters. The first-order valence-electron chi connectivity index (χ1n) is 6.03. The quantitative estimate of drug-likeness (QED) is 0.757. The highest BCUT2D eigenvalue weighted by Gasteiger charge is 2.14. The smallest absolute Gasteiger partial charge is 0.261 e. The molecule has 2 N–H and O–H groups in total. The molecule has 20 heavy (non-hydrogen) atoms. The Bertz CT molecular complexity index is 702. The molecule has 106 valence electrons. The van der Waals surface area contributed by atoms with Crippen LogP contribution in [0.1, 0.15) is 5.56 Å². The van der Waals surface area contributed by atoms with Crippen LogP contribution >= 0.6 is 22.6 Å². The van der Waals surface area contributed by atoms with E-state index in [2.05, 4.69) is 32.6 Å². The van der Waals surface area contributed by atoms with Gasteiger partial charge in [-0.2, -0.15) is 0 Å². The minimum absolute atomic E-state index is 0.268. The van der Waals surface area contributed by atoms with Gasteiger partial charge in [0.25, 0.3) is 10.0 Å². The number of nitrogens with one attached hydrogen (secondary N) is 2. The van der Waals surface area contributed by atoms with Crippen LogP contribution in [0.15, 0.2) is 53.4 Å². The predicted molar refractivity (Wildman–Crippen MR) is 89.2 cm³/mol. The lowest BCUT2D eigenvalue weighted by Gasteiger charge is -2.09. The van der Waals surface area contributed by atoms with Crippen molar-refractivity contribution in [3.63, 3.8) is 0 Å². The molecule has 0 atom stereocenters. The molecule has 0 fully saturated rings. The van der Waals surface area contributed by atoms with E-state index in [1.54, 1.807) is 30.3 Å². The van der Waals surface area contributed by atoms with Gasteiger partial charge in [0.1, 0.15) is 0 Å². The van der Waals surface area contributed by atoms with Gasteiger partial charge in [0.05, 0.1) is 4.90 Å². The lowest BCUT2D eigenvalue weighted by Crippen LogP contribution is -2.14. The zero-order valence-electron chi connectivity index (χ0n) is 10.9. The summed E-state index contributed by atoms with van der Waals surface area (Å²) < 4.78 is 28.2. The van der Waals surface area contributed by atoms with Gasteiger partial charge < -0.3 is 5.32 Å². The summed E-state index contributed by atoms with van der Waals surface area (Å²) in [5.41, 5.74) is 1.49. The predicted octanol–water partition coefficient (Wildman–Crippen LogP) is 2.81. The molecule has 0 bridgehead atoms. The van der Waals surface area contributed by atoms with Crippen molar-refractivity contribution >= 4 is 38.3 Å². The molecular formula is C14H15IN2O2S. The van der Waals surface area contributed by atoms with E-state index in [4.69, 9.17) is 0 Å². The molecule has 0 spiro atoms. The number of hydrogen-bond donors (Lipinski definition) is 2. The Morgan fingerprint density at radius 2 is 1.85 bits per heavy atom. The van der Waals surface area contributed by atoms with Crippen molar-refractivity contribution in [2.75, 3.05) is 11.8 Å². The monoisotopic (exact) mass is 402 g/mol. The second kappa shape index (κ2) is 6.55. The number of hydrogen-bond acceptors (Lipinski definition) is 3. The SMILES string of the molecule is CNCc1cccc(S(=O)(=O)Nc2cccc(I)c2)c1. The summed E-state index contributed by atoms with van der Waals surface area (Å²) in [6, 6.07) is 14.1. The van der Waals surface area contributed by atoms with Gasteiger partial charge in [0, 0.05) is 15.8 Å². The standard InChI is InChI=1S/C14H15IN2O2S/c1-16-10-11-4-2-7-14(8-11)20(18,19)17-13-6-3-5-12(15)9-13/h2-9,16-17H,10H2,1H3. The second-order valence-corrected chi connectivity index (χ2v) is 7.22. The van der Waals surface area contributed by atoms with E-state index >= 15 is 0 Å². The number of sulfonamides is 1. The first-order valence-corrected chi connectivity index (χ1v) is 8.59. The van der Waals surface area contributed by atoms with Crippen molar-refractivity contribution in [3.05, 3.63) is 57.7 Å². The highest BCUT2D eigenvalue weighted by atomic mass is 127. The van der Waals surface area contributed by atoms with E-state index in [-0.39, 0.29) is 4.90 Å². The Labute approximate surface area is 132 Å². The van der Waals surface area contributed by atoms with Crippen LogP contribution in [-0.2, 0) is 16.6 Å². The van der Waals surface area contributed by atoms with E-state index in [1.807, 2.05) is 25.2 Å². The molecule has 0 saturated heterocycles. The minimum atomic E-state index is -3.55. The third kappa shape index (κ3) is 3.94. The van der Waals surface area contributed by atoms with Crippen LogP contribution in [0.25, 0.3) is 0 Å². The summed E-state index contributed by atoms with van der Waals surface area (Å²) in [6.07, 6.45) is 0. The molecule has 0 aromatic heterocycles. The molecule has 2 aromatic carbocycles. The van der Waals surface area contributed by atoms with Crippen molar-refractivity contribution in [2.24, 2.45) is 0 Å². The largest absolute Gasteiger partial charge is 0.316 e. The molecule has 0 aliphatic heterocycles. The summed E-state index contributed by atoms with van der Waals surface area (Å²) in [6.45, 7) is 0.632. The molecule has 4 nitrogen and oxygen atoms in total. The van der Waals surface area contributed by atoms with Crippen LogP contribution in [-0.4, -0.2) is 15.5 Å². The third-order valence-corrected chi connectivity index (χ3v) is 4.72. The number of anilines is 1. The molecule has 0 amide bonds. The van der Waals surface area contributed by atoms with Crippen molar-refractivity contribution in [1.82, 2.24) is 5.32 Å². The van der Waals surface area contributed by atoms with Gasteiger partial charge in [-0.3, -0.25) is 4.72 Å². The Morgan fingerprint density at radius 1 is 1.10 bits per heavy atom. The minimum Gasteiger partial charge on any atom is -0.316 e. The summed E-state index contributed by atoms with van der Waals surface area (Å²) in [5.74, 6) is 0. The van der Waals surface area contributed by atoms with Crippen molar-refractivity contribution < 1.29 is 8.42 Å². The number of halogens is 1. The third-order valence-electron chi connectivity index (χ3n) is 2.67. The highest BCUT2D eigenvalue weighted by molar-refractivity contribution is 14.1. The molecule has 0 aliphatic carbocycles. The first kappa shape index (κ1) is 15.3. The normalized spacial score (nSPS) is 11.3. The van der Waals surface area contributed by atoms with E-state index < -0.39 is 10.0 Å². The molecule has 6 heteroatoms. The maximum atomic E-state index is 12.3. The fourth-order valence-electron chi connectivity index (χ4n) is 1.79. The van der Waals surface area contributed by atoms with Crippen LogP contribution in [0, 0.1) is 3.57 Å². The molecule has 0 heterocycles. The van der Waals surface area contributed by atoms with Gasteiger partial charge in [-0.15, -0.1) is 0 Å². The second-order valence-electron chi connectivity index (χ2n) is 4.29. The average Bonchev–Trinajstić information content (AvgIpc) is 2.39. The van der Waals surface area contributed by atoms with Gasteiger partial charge in [-0.25, -0.2) is 8.42 Å². The summed E-state index contributed by atoms with van der Waals surface area (Å²) in [7, 11) is -1.73. The molecule has 0 saturated carbocycles. The molecule has 0 aliphatic rings. The average molecular weight is 402 g/mol. The lowest BCUT2D eigenvalue weighted by atomic mass is 10.2. The number of rotatable bonds is 5. The molecule has 2 aromatic rings. The van der Waals surface area contributed by atoms with Crippen LogP contribution in [0.4, 0.5) is 5.69 Å². The van der Waals surface area contributed by atoms with Crippen molar-refractivity contribution in [1.29, 1.82) is 0 Å². The van der Waals surface area contributed by atoms with Gasteiger partial charge >= 0.3 is 0 Å².